The fourth-order valence-electron chi connectivity index (χ4n) is 0.385. The molecule has 0 radical (unpaired) electrons. The van der Waals surface area contributed by atoms with E-state index < -0.39 is 0 Å². The quantitative estimate of drug-likeness (QED) is 0.411. The number of benzene rings is 1. The minimum Gasteiger partial charge on any atom is -1.00 e. The Bertz CT molecular complexity index is 100. The van der Waals surface area contributed by atoms with Crippen LogP contribution in [0.1, 0.15) is 0 Å². The molecule has 0 aromatic heterocycles. The molecular formula is C6H19Cl3MgO6. The molecule has 0 saturated heterocycles. The van der Waals surface area contributed by atoms with Gasteiger partial charge in [0, 0.05) is 0 Å². The van der Waals surface area contributed by atoms with Crippen molar-refractivity contribution in [2.24, 2.45) is 0 Å². The van der Waals surface area contributed by atoms with Crippen LogP contribution >= 0.6 is 12.4 Å². The zero-order valence-corrected chi connectivity index (χ0v) is 12.1. The molecule has 10 heteroatoms. The van der Waals surface area contributed by atoms with Gasteiger partial charge in [0.15, 0.2) is 0 Å². The minimum absolute atomic E-state index is 0. The van der Waals surface area contributed by atoms with Crippen molar-refractivity contribution >= 4 is 35.5 Å². The number of rotatable bonds is 0. The van der Waals surface area contributed by atoms with Crippen molar-refractivity contribution < 1.29 is 57.7 Å². The van der Waals surface area contributed by atoms with E-state index >= 15 is 0 Å². The molecular weight excluding hydrogens is 299 g/mol. The van der Waals surface area contributed by atoms with Gasteiger partial charge in [-0.25, -0.2) is 0 Å². The Morgan fingerprint density at radius 3 is 0.500 bits per heavy atom. The summed E-state index contributed by atoms with van der Waals surface area (Å²) in [4.78, 5) is 0. The normalized spacial score (nSPS) is 3.00. The zero-order chi connectivity index (χ0) is 4.24. The fraction of sp³-hybridized carbons (Fsp3) is 0. The molecule has 0 unspecified atom stereocenters. The van der Waals surface area contributed by atoms with Crippen LogP contribution in [0.2, 0.25) is 0 Å². The van der Waals surface area contributed by atoms with Crippen molar-refractivity contribution in [3.63, 3.8) is 0 Å². The van der Waals surface area contributed by atoms with Crippen LogP contribution in [-0.4, -0.2) is 55.9 Å². The van der Waals surface area contributed by atoms with Crippen LogP contribution in [0.5, 0.6) is 0 Å². The number of halogens is 3. The van der Waals surface area contributed by atoms with Crippen molar-refractivity contribution in [2.45, 2.75) is 0 Å². The summed E-state index contributed by atoms with van der Waals surface area (Å²) in [6, 6.07) is 12.0. The van der Waals surface area contributed by atoms with Crippen LogP contribution in [0.25, 0.3) is 0 Å². The maximum absolute atomic E-state index is 2.00. The predicted octanol–water partition coefficient (Wildman–Crippen LogP) is -9.21. The largest absolute Gasteiger partial charge is 2.00 e. The van der Waals surface area contributed by atoms with E-state index in [-0.39, 0.29) is 93.1 Å². The summed E-state index contributed by atoms with van der Waals surface area (Å²) in [5.74, 6) is 0. The van der Waals surface area contributed by atoms with Gasteiger partial charge in [-0.1, -0.05) is 36.4 Å². The third-order valence-electron chi connectivity index (χ3n) is 0.667. The summed E-state index contributed by atoms with van der Waals surface area (Å²) in [6.45, 7) is 0. The van der Waals surface area contributed by atoms with Crippen LogP contribution < -0.4 is 24.8 Å². The molecule has 0 aliphatic carbocycles. The van der Waals surface area contributed by atoms with Gasteiger partial charge in [0.05, 0.1) is 0 Å². The van der Waals surface area contributed by atoms with Gasteiger partial charge in [-0.3, -0.25) is 0 Å². The maximum atomic E-state index is 2.00. The van der Waals surface area contributed by atoms with Crippen molar-refractivity contribution in [3.8, 4) is 0 Å². The molecule has 0 atom stereocenters. The monoisotopic (exact) mass is 316 g/mol. The number of hydrogen-bond acceptors (Lipinski definition) is 0. The van der Waals surface area contributed by atoms with E-state index in [0.29, 0.717) is 0 Å². The third-order valence-corrected chi connectivity index (χ3v) is 0.667. The van der Waals surface area contributed by atoms with Crippen LogP contribution in [0, 0.1) is 0 Å². The Morgan fingerprint density at radius 2 is 0.438 bits per heavy atom. The molecule has 1 aromatic carbocycles. The van der Waals surface area contributed by atoms with Crippen molar-refractivity contribution in [1.29, 1.82) is 0 Å². The van der Waals surface area contributed by atoms with Crippen molar-refractivity contribution in [3.05, 3.63) is 36.4 Å². The first-order valence-corrected chi connectivity index (χ1v) is 2.00. The fourth-order valence-corrected chi connectivity index (χ4v) is 0.385. The summed E-state index contributed by atoms with van der Waals surface area (Å²) < 4.78 is 0. The molecule has 1 aromatic rings. The van der Waals surface area contributed by atoms with Gasteiger partial charge in [0.25, 0.3) is 0 Å². The van der Waals surface area contributed by atoms with E-state index in [2.05, 4.69) is 0 Å². The first kappa shape index (κ1) is 92.6. The summed E-state index contributed by atoms with van der Waals surface area (Å²) in [5.41, 5.74) is 0. The molecule has 0 fully saturated rings. The molecule has 16 heavy (non-hydrogen) atoms. The van der Waals surface area contributed by atoms with Gasteiger partial charge in [-0.15, -0.1) is 12.4 Å². The molecule has 0 spiro atoms. The average molecular weight is 318 g/mol. The van der Waals surface area contributed by atoms with Gasteiger partial charge in [-0.2, -0.15) is 0 Å². The molecule has 1 rings (SSSR count). The second-order valence-electron chi connectivity index (χ2n) is 1.15. The van der Waals surface area contributed by atoms with E-state index in [0.717, 1.165) is 0 Å². The maximum Gasteiger partial charge on any atom is 2.00 e. The average Bonchev–Trinajstić information content (AvgIpc) is 1.72. The first-order chi connectivity index (χ1) is 3.00. The molecule has 0 aliphatic rings. The first-order valence-electron chi connectivity index (χ1n) is 2.00. The van der Waals surface area contributed by atoms with Crippen LogP contribution in [0.15, 0.2) is 36.4 Å². The molecule has 0 heterocycles. The second-order valence-corrected chi connectivity index (χ2v) is 1.15. The van der Waals surface area contributed by atoms with E-state index in [9.17, 15) is 0 Å². The van der Waals surface area contributed by atoms with Gasteiger partial charge in [-0.05, 0) is 0 Å². The van der Waals surface area contributed by atoms with Gasteiger partial charge in [0.2, 0.25) is 0 Å². The smallest absolute Gasteiger partial charge is 1.00 e. The van der Waals surface area contributed by atoms with Crippen molar-refractivity contribution in [2.75, 3.05) is 0 Å². The third kappa shape index (κ3) is 61.9. The van der Waals surface area contributed by atoms with Crippen LogP contribution in [0.3, 0.4) is 0 Å². The van der Waals surface area contributed by atoms with Crippen LogP contribution in [0.4, 0.5) is 0 Å². The summed E-state index contributed by atoms with van der Waals surface area (Å²) in [5, 5.41) is 0. The Morgan fingerprint density at radius 1 is 0.375 bits per heavy atom. The Kier molecular flexibility index (Phi) is 441. The Hall–Kier alpha value is 0.616. The van der Waals surface area contributed by atoms with Gasteiger partial charge >= 0.3 is 23.1 Å². The predicted molar refractivity (Wildman–Crippen MR) is 61.1 cm³/mol. The standard InChI is InChI=1S/C6H6.3ClH.Mg.6H2O/c1-2-4-6-5-3-1;;;;;;;;;;/h1-6H;3*1H;;6*1H2/q;;;;+2;;;;;;/p-2. The molecule has 6 nitrogen and oxygen atoms in total. The molecule has 0 amide bonds. The molecule has 12 N–H and O–H groups in total. The Balaban J connectivity index is -0.00000000450. The molecule has 102 valence electrons. The molecule has 0 aliphatic heterocycles. The molecule has 0 bridgehead atoms. The number of hydrogen-bond donors (Lipinski definition) is 0. The second kappa shape index (κ2) is 76.2. The Labute approximate surface area is 129 Å². The zero-order valence-electron chi connectivity index (χ0n) is 8.34. The van der Waals surface area contributed by atoms with E-state index in [1.54, 1.807) is 0 Å². The summed E-state index contributed by atoms with van der Waals surface area (Å²) >= 11 is 0. The van der Waals surface area contributed by atoms with E-state index in [1.165, 1.54) is 0 Å². The van der Waals surface area contributed by atoms with Crippen LogP contribution in [-0.2, 0) is 0 Å². The molecule has 0 saturated carbocycles. The van der Waals surface area contributed by atoms with Gasteiger partial charge < -0.3 is 57.7 Å². The topological polar surface area (TPSA) is 189 Å². The summed E-state index contributed by atoms with van der Waals surface area (Å²) in [7, 11) is 0. The minimum atomic E-state index is 0. The van der Waals surface area contributed by atoms with E-state index in [4.69, 9.17) is 0 Å². The van der Waals surface area contributed by atoms with Gasteiger partial charge in [0.1, 0.15) is 0 Å². The van der Waals surface area contributed by atoms with Crippen molar-refractivity contribution in [1.82, 2.24) is 0 Å². The summed E-state index contributed by atoms with van der Waals surface area (Å²) in [6.07, 6.45) is 0. The van der Waals surface area contributed by atoms with E-state index in [1.807, 2.05) is 36.4 Å². The SMILES string of the molecule is Cl.O.O.O.O.O.O.[Cl-].[Cl-].[Mg+2].c1ccccc1.